The van der Waals surface area contributed by atoms with Gasteiger partial charge < -0.3 is 15.0 Å². The van der Waals surface area contributed by atoms with Crippen molar-refractivity contribution in [2.45, 2.75) is 17.5 Å². The summed E-state index contributed by atoms with van der Waals surface area (Å²) in [4.78, 5) is 3.82. The molecule has 1 aliphatic rings. The first kappa shape index (κ1) is 13.9. The van der Waals surface area contributed by atoms with Gasteiger partial charge >= 0.3 is 0 Å². The van der Waals surface area contributed by atoms with Gasteiger partial charge in [0, 0.05) is 19.0 Å². The molecule has 3 rings (SSSR count). The molecule has 0 bridgehead atoms. The monoisotopic (exact) mass is 308 g/mol. The van der Waals surface area contributed by atoms with E-state index in [4.69, 9.17) is 10.5 Å². The summed E-state index contributed by atoms with van der Waals surface area (Å²) in [6.45, 7) is 0.463. The van der Waals surface area contributed by atoms with E-state index in [1.54, 1.807) is 7.05 Å². The van der Waals surface area contributed by atoms with Crippen LogP contribution >= 0.6 is 0 Å². The number of nitrogens with one attached hydrogen (secondary N) is 1. The van der Waals surface area contributed by atoms with Crippen molar-refractivity contribution in [1.29, 1.82) is 0 Å². The molecular weight excluding hydrogens is 292 g/mol. The Kier molecular flexibility index (Phi) is 3.34. The SMILES string of the molecule is Cn1cnc(N)c1S(=O)(=O)NC1CCOc2ccccc21. The van der Waals surface area contributed by atoms with E-state index in [0.717, 1.165) is 5.56 Å². The molecule has 2 heterocycles. The smallest absolute Gasteiger partial charge is 0.260 e. The molecule has 0 amide bonds. The van der Waals surface area contributed by atoms with E-state index in [1.165, 1.54) is 10.9 Å². The minimum atomic E-state index is -3.75. The van der Waals surface area contributed by atoms with Gasteiger partial charge in [-0.25, -0.2) is 18.1 Å². The van der Waals surface area contributed by atoms with Crippen molar-refractivity contribution in [2.75, 3.05) is 12.3 Å². The number of aryl methyl sites for hydroxylation is 1. The summed E-state index contributed by atoms with van der Waals surface area (Å²) in [7, 11) is -2.16. The molecule has 8 heteroatoms. The Labute approximate surface area is 122 Å². The van der Waals surface area contributed by atoms with Crippen molar-refractivity contribution >= 4 is 15.8 Å². The number of hydrogen-bond donors (Lipinski definition) is 2. The lowest BCUT2D eigenvalue weighted by molar-refractivity contribution is 0.263. The van der Waals surface area contributed by atoms with Gasteiger partial charge in [0.25, 0.3) is 10.0 Å². The minimum Gasteiger partial charge on any atom is -0.493 e. The van der Waals surface area contributed by atoms with Crippen molar-refractivity contribution < 1.29 is 13.2 Å². The number of aromatic nitrogens is 2. The number of nitrogens with zero attached hydrogens (tertiary/aromatic N) is 2. The molecule has 0 spiro atoms. The van der Waals surface area contributed by atoms with Crippen LogP contribution < -0.4 is 15.2 Å². The zero-order valence-electron chi connectivity index (χ0n) is 11.5. The lowest BCUT2D eigenvalue weighted by atomic mass is 10.0. The fourth-order valence-corrected chi connectivity index (χ4v) is 3.96. The molecule has 0 saturated carbocycles. The Balaban J connectivity index is 1.94. The number of hydrogen-bond acceptors (Lipinski definition) is 5. The van der Waals surface area contributed by atoms with E-state index < -0.39 is 10.0 Å². The standard InChI is InChI=1S/C13H16N4O3S/c1-17-8-15-12(14)13(17)21(18,19)16-10-6-7-20-11-5-3-2-4-9(10)11/h2-5,8,10,16H,6-7,14H2,1H3. The molecule has 0 aliphatic carbocycles. The Morgan fingerprint density at radius 1 is 1.43 bits per heavy atom. The number of nitrogens with two attached hydrogens (primary N) is 1. The van der Waals surface area contributed by atoms with Crippen LogP contribution in [-0.2, 0) is 17.1 Å². The molecule has 1 aromatic carbocycles. The fraction of sp³-hybridized carbons (Fsp3) is 0.308. The van der Waals surface area contributed by atoms with E-state index in [-0.39, 0.29) is 16.9 Å². The molecule has 21 heavy (non-hydrogen) atoms. The molecule has 1 aromatic heterocycles. The summed E-state index contributed by atoms with van der Waals surface area (Å²) in [5.74, 6) is 0.694. The second kappa shape index (κ2) is 5.05. The maximum absolute atomic E-state index is 12.5. The van der Waals surface area contributed by atoms with Gasteiger partial charge in [-0.2, -0.15) is 0 Å². The van der Waals surface area contributed by atoms with Crippen LogP contribution in [-0.4, -0.2) is 24.6 Å². The minimum absolute atomic E-state index is 0.00894. The highest BCUT2D eigenvalue weighted by atomic mass is 32.2. The molecule has 0 fully saturated rings. The lowest BCUT2D eigenvalue weighted by Crippen LogP contribution is -2.33. The Bertz CT molecular complexity index is 750. The predicted octanol–water partition coefficient (Wildman–Crippen LogP) is 0.804. The van der Waals surface area contributed by atoms with Crippen molar-refractivity contribution in [1.82, 2.24) is 14.3 Å². The van der Waals surface area contributed by atoms with Crippen molar-refractivity contribution in [3.8, 4) is 5.75 Å². The zero-order chi connectivity index (χ0) is 15.0. The van der Waals surface area contributed by atoms with Crippen molar-refractivity contribution in [2.24, 2.45) is 7.05 Å². The van der Waals surface area contributed by atoms with Crippen molar-refractivity contribution in [3.05, 3.63) is 36.2 Å². The second-order valence-electron chi connectivity index (χ2n) is 4.89. The van der Waals surface area contributed by atoms with Gasteiger partial charge in [-0.15, -0.1) is 0 Å². The van der Waals surface area contributed by atoms with Gasteiger partial charge in [0.2, 0.25) is 0 Å². The Morgan fingerprint density at radius 3 is 2.90 bits per heavy atom. The third kappa shape index (κ3) is 2.47. The van der Waals surface area contributed by atoms with Gasteiger partial charge in [0.15, 0.2) is 10.8 Å². The van der Waals surface area contributed by atoms with Crippen LogP contribution in [0, 0.1) is 0 Å². The van der Waals surface area contributed by atoms with E-state index in [2.05, 4.69) is 9.71 Å². The summed E-state index contributed by atoms with van der Waals surface area (Å²) in [5.41, 5.74) is 6.48. The van der Waals surface area contributed by atoms with Crippen molar-refractivity contribution in [3.63, 3.8) is 0 Å². The number of fused-ring (bicyclic) bond motifs is 1. The average Bonchev–Trinajstić information content (AvgIpc) is 2.79. The molecule has 7 nitrogen and oxygen atoms in total. The van der Waals surface area contributed by atoms with Gasteiger partial charge in [0.1, 0.15) is 5.75 Å². The molecular formula is C13H16N4O3S. The van der Waals surface area contributed by atoms with Crippen LogP contribution in [0.3, 0.4) is 0 Å². The first-order chi connectivity index (χ1) is 9.99. The van der Waals surface area contributed by atoms with Crippen LogP contribution in [0.2, 0.25) is 0 Å². The number of anilines is 1. The molecule has 1 atom stereocenters. The van der Waals surface area contributed by atoms with Gasteiger partial charge in [-0.1, -0.05) is 18.2 Å². The molecule has 1 aliphatic heterocycles. The number of ether oxygens (including phenoxy) is 1. The van der Waals surface area contributed by atoms with Gasteiger partial charge in [0.05, 0.1) is 19.0 Å². The average molecular weight is 308 g/mol. The van der Waals surface area contributed by atoms with E-state index in [1.807, 2.05) is 24.3 Å². The van der Waals surface area contributed by atoms with Gasteiger partial charge in [-0.3, -0.25) is 0 Å². The Morgan fingerprint density at radius 2 is 2.19 bits per heavy atom. The number of para-hydroxylation sites is 1. The van der Waals surface area contributed by atoms with Crippen LogP contribution in [0.15, 0.2) is 35.6 Å². The highest BCUT2D eigenvalue weighted by Gasteiger charge is 2.29. The highest BCUT2D eigenvalue weighted by molar-refractivity contribution is 7.89. The van der Waals surface area contributed by atoms with Gasteiger partial charge in [-0.05, 0) is 6.07 Å². The third-order valence-corrected chi connectivity index (χ3v) is 5.02. The van der Waals surface area contributed by atoms with Crippen LogP contribution in [0.5, 0.6) is 5.75 Å². The molecule has 2 aromatic rings. The Hall–Kier alpha value is -2.06. The first-order valence-electron chi connectivity index (χ1n) is 6.50. The topological polar surface area (TPSA) is 99.2 Å². The number of imidazole rings is 1. The summed E-state index contributed by atoms with van der Waals surface area (Å²) in [6.07, 6.45) is 1.94. The van der Waals surface area contributed by atoms with E-state index in [0.29, 0.717) is 18.8 Å². The molecule has 3 N–H and O–H groups in total. The summed E-state index contributed by atoms with van der Waals surface area (Å²) in [6, 6.07) is 7.05. The number of sulfonamides is 1. The van der Waals surface area contributed by atoms with E-state index in [9.17, 15) is 8.42 Å². The predicted molar refractivity (Wildman–Crippen MR) is 77.2 cm³/mol. The quantitative estimate of drug-likeness (QED) is 0.874. The molecule has 0 saturated heterocycles. The highest BCUT2D eigenvalue weighted by Crippen LogP contribution is 2.32. The van der Waals surface area contributed by atoms with E-state index >= 15 is 0 Å². The normalized spacial score (nSPS) is 18.0. The maximum Gasteiger partial charge on any atom is 0.260 e. The number of benzene rings is 1. The summed E-state index contributed by atoms with van der Waals surface area (Å²) in [5, 5.41) is -0.0218. The maximum atomic E-state index is 12.5. The fourth-order valence-electron chi connectivity index (χ4n) is 2.47. The number of rotatable bonds is 3. The molecule has 1 unspecified atom stereocenters. The third-order valence-electron chi connectivity index (χ3n) is 3.42. The van der Waals surface area contributed by atoms with Crippen LogP contribution in [0.4, 0.5) is 5.82 Å². The second-order valence-corrected chi connectivity index (χ2v) is 6.52. The van der Waals surface area contributed by atoms with Crippen LogP contribution in [0.1, 0.15) is 18.0 Å². The first-order valence-corrected chi connectivity index (χ1v) is 7.98. The summed E-state index contributed by atoms with van der Waals surface area (Å²) >= 11 is 0. The zero-order valence-corrected chi connectivity index (χ0v) is 12.3. The summed E-state index contributed by atoms with van der Waals surface area (Å²) < 4.78 is 34.6. The number of nitrogen functional groups attached to an aromatic ring is 1. The lowest BCUT2D eigenvalue weighted by Gasteiger charge is -2.26. The molecule has 0 radical (unpaired) electrons. The molecule has 112 valence electrons. The van der Waals surface area contributed by atoms with Crippen LogP contribution in [0.25, 0.3) is 0 Å². The largest absolute Gasteiger partial charge is 0.493 e.